The van der Waals surface area contributed by atoms with Crippen molar-refractivity contribution in [1.29, 1.82) is 0 Å². The maximum absolute atomic E-state index is 13.0. The molecule has 84 valence electrons. The summed E-state index contributed by atoms with van der Waals surface area (Å²) >= 11 is 12.3. The Hall–Kier alpha value is -0.910. The Bertz CT molecular complexity index is 558. The number of amides is 1. The summed E-state index contributed by atoms with van der Waals surface area (Å²) < 4.78 is 13.6. The highest BCUT2D eigenvalue weighted by Gasteiger charge is 2.10. The standard InChI is InChI=1S/C9H5Cl2FN2OS/c10-3-7(15)13-9-14-8-5(11)1-4(12)2-6(8)16-9/h1-2H,3H2,(H,13,14,15). The molecule has 1 N–H and O–H groups in total. The van der Waals surface area contributed by atoms with Crippen molar-refractivity contribution in [1.82, 2.24) is 4.98 Å². The Kier molecular flexibility index (Phi) is 3.28. The smallest absolute Gasteiger partial charge is 0.241 e. The number of carbonyl (C=O) groups excluding carboxylic acids is 1. The SMILES string of the molecule is O=C(CCl)Nc1nc2c(Cl)cc(F)cc2s1. The third-order valence-electron chi connectivity index (χ3n) is 1.78. The van der Waals surface area contributed by atoms with Gasteiger partial charge in [-0.25, -0.2) is 9.37 Å². The van der Waals surface area contributed by atoms with Gasteiger partial charge in [-0.3, -0.25) is 4.79 Å². The first kappa shape index (κ1) is 11.6. The molecule has 0 aliphatic rings. The highest BCUT2D eigenvalue weighted by atomic mass is 35.5. The molecule has 1 aromatic carbocycles. The van der Waals surface area contributed by atoms with Crippen LogP contribution in [0.15, 0.2) is 12.1 Å². The lowest BCUT2D eigenvalue weighted by Crippen LogP contribution is -2.11. The Morgan fingerprint density at radius 2 is 2.31 bits per heavy atom. The number of nitrogens with one attached hydrogen (secondary N) is 1. The van der Waals surface area contributed by atoms with Crippen molar-refractivity contribution < 1.29 is 9.18 Å². The van der Waals surface area contributed by atoms with Gasteiger partial charge in [0.2, 0.25) is 5.91 Å². The lowest BCUT2D eigenvalue weighted by Gasteiger charge is -1.94. The van der Waals surface area contributed by atoms with Crippen LogP contribution in [0.25, 0.3) is 10.2 Å². The van der Waals surface area contributed by atoms with E-state index in [1.807, 2.05) is 0 Å². The van der Waals surface area contributed by atoms with Gasteiger partial charge >= 0.3 is 0 Å². The second-order valence-electron chi connectivity index (χ2n) is 2.94. The number of carbonyl (C=O) groups is 1. The van der Waals surface area contributed by atoms with Crippen LogP contribution in [0.3, 0.4) is 0 Å². The van der Waals surface area contributed by atoms with Gasteiger partial charge in [-0.15, -0.1) is 11.6 Å². The number of alkyl halides is 1. The van der Waals surface area contributed by atoms with Crippen molar-refractivity contribution in [2.24, 2.45) is 0 Å². The first-order valence-electron chi connectivity index (χ1n) is 4.21. The molecular formula is C9H5Cl2FN2OS. The van der Waals surface area contributed by atoms with Crippen LogP contribution in [-0.4, -0.2) is 16.8 Å². The van der Waals surface area contributed by atoms with Crippen LogP contribution in [0.4, 0.5) is 9.52 Å². The van der Waals surface area contributed by atoms with Gasteiger partial charge < -0.3 is 5.32 Å². The fourth-order valence-electron chi connectivity index (χ4n) is 1.16. The molecule has 1 heterocycles. The summed E-state index contributed by atoms with van der Waals surface area (Å²) in [6, 6.07) is 2.49. The lowest BCUT2D eigenvalue weighted by atomic mass is 10.3. The summed E-state index contributed by atoms with van der Waals surface area (Å²) in [6.07, 6.45) is 0. The Labute approximate surface area is 104 Å². The van der Waals surface area contributed by atoms with Crippen LogP contribution in [0.2, 0.25) is 5.02 Å². The zero-order valence-electron chi connectivity index (χ0n) is 7.76. The van der Waals surface area contributed by atoms with E-state index >= 15 is 0 Å². The summed E-state index contributed by atoms with van der Waals surface area (Å²) in [7, 11) is 0. The van der Waals surface area contributed by atoms with Crippen molar-refractivity contribution in [3.63, 3.8) is 0 Å². The molecule has 1 aromatic heterocycles. The zero-order chi connectivity index (χ0) is 11.7. The van der Waals surface area contributed by atoms with E-state index in [1.54, 1.807) is 0 Å². The molecule has 0 aliphatic carbocycles. The van der Waals surface area contributed by atoms with Gasteiger partial charge in [-0.2, -0.15) is 0 Å². The summed E-state index contributed by atoms with van der Waals surface area (Å²) in [5.41, 5.74) is 0.470. The average Bonchev–Trinajstić information content (AvgIpc) is 2.60. The monoisotopic (exact) mass is 278 g/mol. The molecule has 16 heavy (non-hydrogen) atoms. The van der Waals surface area contributed by atoms with Gasteiger partial charge in [0.05, 0.1) is 9.72 Å². The van der Waals surface area contributed by atoms with Crippen molar-refractivity contribution in [3.05, 3.63) is 23.0 Å². The summed E-state index contributed by atoms with van der Waals surface area (Å²) in [4.78, 5) is 15.1. The van der Waals surface area contributed by atoms with Crippen molar-refractivity contribution in [2.75, 3.05) is 11.2 Å². The Morgan fingerprint density at radius 3 is 3.00 bits per heavy atom. The van der Waals surface area contributed by atoms with Crippen LogP contribution in [0.1, 0.15) is 0 Å². The van der Waals surface area contributed by atoms with Gasteiger partial charge in [0.15, 0.2) is 5.13 Å². The predicted octanol–water partition coefficient (Wildman–Crippen LogP) is 3.27. The highest BCUT2D eigenvalue weighted by Crippen LogP contribution is 2.31. The van der Waals surface area contributed by atoms with Crippen LogP contribution >= 0.6 is 34.5 Å². The fourth-order valence-corrected chi connectivity index (χ4v) is 2.47. The van der Waals surface area contributed by atoms with Crippen molar-refractivity contribution >= 4 is 55.8 Å². The first-order valence-corrected chi connectivity index (χ1v) is 5.94. The topological polar surface area (TPSA) is 42.0 Å². The van der Waals surface area contributed by atoms with E-state index in [1.165, 1.54) is 12.1 Å². The molecule has 0 saturated heterocycles. The molecule has 0 atom stereocenters. The summed E-state index contributed by atoms with van der Waals surface area (Å²) in [6.45, 7) is 0. The molecule has 7 heteroatoms. The molecule has 0 radical (unpaired) electrons. The zero-order valence-corrected chi connectivity index (χ0v) is 10.1. The minimum Gasteiger partial charge on any atom is -0.301 e. The number of hydrogen-bond acceptors (Lipinski definition) is 3. The number of rotatable bonds is 2. The predicted molar refractivity (Wildman–Crippen MR) is 63.9 cm³/mol. The third-order valence-corrected chi connectivity index (χ3v) is 3.23. The van der Waals surface area contributed by atoms with Crippen LogP contribution < -0.4 is 5.32 Å². The second kappa shape index (κ2) is 4.53. The van der Waals surface area contributed by atoms with E-state index in [9.17, 15) is 9.18 Å². The fraction of sp³-hybridized carbons (Fsp3) is 0.111. The lowest BCUT2D eigenvalue weighted by molar-refractivity contribution is -0.113. The van der Waals surface area contributed by atoms with E-state index < -0.39 is 5.82 Å². The van der Waals surface area contributed by atoms with Crippen molar-refractivity contribution in [2.45, 2.75) is 0 Å². The van der Waals surface area contributed by atoms with Crippen LogP contribution in [-0.2, 0) is 4.79 Å². The highest BCUT2D eigenvalue weighted by molar-refractivity contribution is 7.22. The second-order valence-corrected chi connectivity index (χ2v) is 4.64. The summed E-state index contributed by atoms with van der Waals surface area (Å²) in [5, 5.41) is 3.06. The number of aromatic nitrogens is 1. The number of thiazole rings is 1. The number of anilines is 1. The number of halogens is 3. The molecule has 0 aliphatic heterocycles. The number of nitrogens with zero attached hydrogens (tertiary/aromatic N) is 1. The minimum absolute atomic E-state index is 0.155. The maximum Gasteiger partial charge on any atom is 0.241 e. The molecule has 0 saturated carbocycles. The number of hydrogen-bond donors (Lipinski definition) is 1. The average molecular weight is 279 g/mol. The van der Waals surface area contributed by atoms with Gasteiger partial charge in [-0.05, 0) is 12.1 Å². The van der Waals surface area contributed by atoms with E-state index in [2.05, 4.69) is 10.3 Å². The molecule has 3 nitrogen and oxygen atoms in total. The Morgan fingerprint density at radius 1 is 1.56 bits per heavy atom. The normalized spacial score (nSPS) is 10.7. The quantitative estimate of drug-likeness (QED) is 0.857. The van der Waals surface area contributed by atoms with Gasteiger partial charge in [0.1, 0.15) is 17.2 Å². The number of fused-ring (bicyclic) bond motifs is 1. The van der Waals surface area contributed by atoms with Gasteiger partial charge in [0.25, 0.3) is 0 Å². The molecule has 2 aromatic rings. The van der Waals surface area contributed by atoms with Crippen molar-refractivity contribution in [3.8, 4) is 0 Å². The van der Waals surface area contributed by atoms with E-state index in [4.69, 9.17) is 23.2 Å². The molecular weight excluding hydrogens is 274 g/mol. The molecule has 0 unspecified atom stereocenters. The molecule has 1 amide bonds. The molecule has 0 bridgehead atoms. The summed E-state index contributed by atoms with van der Waals surface area (Å²) in [5.74, 6) is -0.952. The van der Waals surface area contributed by atoms with Crippen LogP contribution in [0.5, 0.6) is 0 Å². The van der Waals surface area contributed by atoms with E-state index in [-0.39, 0.29) is 16.8 Å². The maximum atomic E-state index is 13.0. The minimum atomic E-state index is -0.434. The van der Waals surface area contributed by atoms with E-state index in [0.717, 1.165) is 11.3 Å². The van der Waals surface area contributed by atoms with Gasteiger partial charge in [0, 0.05) is 0 Å². The molecule has 0 spiro atoms. The van der Waals surface area contributed by atoms with Crippen LogP contribution in [0, 0.1) is 5.82 Å². The largest absolute Gasteiger partial charge is 0.301 e. The molecule has 2 rings (SSSR count). The number of benzene rings is 1. The van der Waals surface area contributed by atoms with Gasteiger partial charge in [-0.1, -0.05) is 22.9 Å². The third kappa shape index (κ3) is 2.26. The Balaban J connectivity index is 2.44. The first-order chi connectivity index (χ1) is 7.60. The van der Waals surface area contributed by atoms with E-state index in [0.29, 0.717) is 15.3 Å². The molecule has 0 fully saturated rings.